The van der Waals surface area contributed by atoms with Crippen LogP contribution >= 0.6 is 11.5 Å². The van der Waals surface area contributed by atoms with Gasteiger partial charge in [0.15, 0.2) is 5.69 Å². The molecule has 0 spiro atoms. The van der Waals surface area contributed by atoms with E-state index < -0.39 is 29.6 Å². The summed E-state index contributed by atoms with van der Waals surface area (Å²) in [4.78, 5) is 40.7. The van der Waals surface area contributed by atoms with E-state index in [0.29, 0.717) is 23.7 Å². The highest BCUT2D eigenvalue weighted by atomic mass is 32.1. The smallest absolute Gasteiger partial charge is 0.273 e. The van der Waals surface area contributed by atoms with Crippen LogP contribution in [0.25, 0.3) is 0 Å². The molecular formula is C26H30FN5O3S. The number of carbonyl (C=O) groups excluding carboxylic acids is 3. The Morgan fingerprint density at radius 1 is 1.11 bits per heavy atom. The van der Waals surface area contributed by atoms with Gasteiger partial charge in [-0.15, -0.1) is 0 Å². The van der Waals surface area contributed by atoms with Gasteiger partial charge in [-0.2, -0.15) is 4.37 Å². The van der Waals surface area contributed by atoms with Crippen LogP contribution in [0.2, 0.25) is 0 Å². The van der Waals surface area contributed by atoms with Crippen LogP contribution < -0.4 is 21.7 Å². The summed E-state index contributed by atoms with van der Waals surface area (Å²) in [6, 6.07) is 9.67. The maximum absolute atomic E-state index is 14.0. The summed E-state index contributed by atoms with van der Waals surface area (Å²) in [6.07, 6.45) is 0.739. The molecule has 0 aliphatic rings. The molecule has 0 aliphatic heterocycles. The Morgan fingerprint density at radius 2 is 1.78 bits per heavy atom. The standard InChI is InChI=1S/C26H30FN5O3S/c1-14(2)12-13-30-25(34)22(17-8-10-18(27)11-9-17)32(19-7-5-6-15(3)16(19)4)26(35)23-20(28)21(24(29)33)31-36-23/h5-11,14,22H,12-13,28H2,1-4H3,(H2,29,33)(H,30,34)/t22-/m1/s1. The number of amides is 3. The molecule has 0 fully saturated rings. The van der Waals surface area contributed by atoms with Gasteiger partial charge in [0.2, 0.25) is 5.91 Å². The average molecular weight is 512 g/mol. The van der Waals surface area contributed by atoms with Crippen LogP contribution in [0, 0.1) is 25.6 Å². The second-order valence-corrected chi connectivity index (χ2v) is 9.73. The normalized spacial score (nSPS) is 11.8. The van der Waals surface area contributed by atoms with Gasteiger partial charge in [0.25, 0.3) is 11.8 Å². The van der Waals surface area contributed by atoms with Crippen LogP contribution in [-0.2, 0) is 4.79 Å². The van der Waals surface area contributed by atoms with Crippen molar-refractivity contribution in [3.8, 4) is 0 Å². The predicted octanol–water partition coefficient (Wildman–Crippen LogP) is 4.13. The van der Waals surface area contributed by atoms with E-state index in [0.717, 1.165) is 29.1 Å². The first-order valence-electron chi connectivity index (χ1n) is 11.5. The van der Waals surface area contributed by atoms with E-state index in [1.807, 2.05) is 33.8 Å². The Labute approximate surface area is 213 Å². The van der Waals surface area contributed by atoms with E-state index in [1.54, 1.807) is 12.1 Å². The van der Waals surface area contributed by atoms with Crippen molar-refractivity contribution in [3.63, 3.8) is 0 Å². The largest absolute Gasteiger partial charge is 0.395 e. The lowest BCUT2D eigenvalue weighted by Gasteiger charge is -2.32. The number of aryl methyl sites for hydroxylation is 1. The number of halogens is 1. The van der Waals surface area contributed by atoms with Gasteiger partial charge >= 0.3 is 0 Å². The monoisotopic (exact) mass is 511 g/mol. The Hall–Kier alpha value is -3.79. The number of rotatable bonds is 9. The molecule has 36 heavy (non-hydrogen) atoms. The minimum atomic E-state index is -1.15. The number of nitrogens with two attached hydrogens (primary N) is 2. The molecular weight excluding hydrogens is 481 g/mol. The number of anilines is 2. The van der Waals surface area contributed by atoms with Gasteiger partial charge < -0.3 is 16.8 Å². The number of hydrogen-bond donors (Lipinski definition) is 3. The molecule has 0 saturated heterocycles. The van der Waals surface area contributed by atoms with E-state index in [-0.39, 0.29) is 16.3 Å². The highest BCUT2D eigenvalue weighted by molar-refractivity contribution is 7.09. The maximum Gasteiger partial charge on any atom is 0.273 e. The number of primary amides is 1. The number of benzene rings is 2. The molecule has 190 valence electrons. The van der Waals surface area contributed by atoms with Crippen LogP contribution in [0.4, 0.5) is 15.8 Å². The summed E-state index contributed by atoms with van der Waals surface area (Å²) in [5.41, 5.74) is 13.6. The van der Waals surface area contributed by atoms with Crippen molar-refractivity contribution in [1.29, 1.82) is 0 Å². The van der Waals surface area contributed by atoms with Crippen LogP contribution in [-0.4, -0.2) is 28.6 Å². The first-order valence-corrected chi connectivity index (χ1v) is 12.3. The molecule has 0 saturated carbocycles. The van der Waals surface area contributed by atoms with Gasteiger partial charge in [0.05, 0.1) is 5.69 Å². The zero-order valence-electron chi connectivity index (χ0n) is 20.7. The fourth-order valence-electron chi connectivity index (χ4n) is 3.74. The van der Waals surface area contributed by atoms with Crippen molar-refractivity contribution in [3.05, 3.63) is 75.5 Å². The molecule has 0 bridgehead atoms. The summed E-state index contributed by atoms with van der Waals surface area (Å²) in [5.74, 6) is -2.03. The molecule has 1 heterocycles. The number of nitrogens with one attached hydrogen (secondary N) is 1. The van der Waals surface area contributed by atoms with E-state index in [2.05, 4.69) is 9.69 Å². The van der Waals surface area contributed by atoms with Gasteiger partial charge in [0.1, 0.15) is 16.7 Å². The summed E-state index contributed by atoms with van der Waals surface area (Å²) in [5, 5.41) is 2.91. The van der Waals surface area contributed by atoms with Crippen LogP contribution in [0.3, 0.4) is 0 Å². The van der Waals surface area contributed by atoms with Crippen LogP contribution in [0.1, 0.15) is 63.2 Å². The first kappa shape index (κ1) is 26.8. The Kier molecular flexibility index (Phi) is 8.41. The summed E-state index contributed by atoms with van der Waals surface area (Å²) in [7, 11) is 0. The Bertz CT molecular complexity index is 1270. The lowest BCUT2D eigenvalue weighted by molar-refractivity contribution is -0.122. The highest BCUT2D eigenvalue weighted by Gasteiger charge is 2.36. The van der Waals surface area contributed by atoms with Gasteiger partial charge in [0, 0.05) is 12.2 Å². The molecule has 1 atom stereocenters. The number of aromatic nitrogens is 1. The molecule has 2 aromatic carbocycles. The third-order valence-corrected chi connectivity index (χ3v) is 6.77. The lowest BCUT2D eigenvalue weighted by atomic mass is 9.99. The topological polar surface area (TPSA) is 131 Å². The molecule has 3 aromatic rings. The van der Waals surface area contributed by atoms with Crippen molar-refractivity contribution in [2.75, 3.05) is 17.2 Å². The highest BCUT2D eigenvalue weighted by Crippen LogP contribution is 2.35. The molecule has 0 unspecified atom stereocenters. The SMILES string of the molecule is Cc1cccc(N(C(=O)c2snc(C(N)=O)c2N)[C@@H](C(=O)NCCC(C)C)c2ccc(F)cc2)c1C. The van der Waals surface area contributed by atoms with Crippen molar-refractivity contribution in [2.24, 2.45) is 11.7 Å². The second kappa shape index (κ2) is 11.3. The predicted molar refractivity (Wildman–Crippen MR) is 139 cm³/mol. The Balaban J connectivity index is 2.21. The van der Waals surface area contributed by atoms with Crippen molar-refractivity contribution >= 4 is 40.6 Å². The van der Waals surface area contributed by atoms with E-state index in [4.69, 9.17) is 11.5 Å². The minimum Gasteiger partial charge on any atom is -0.395 e. The summed E-state index contributed by atoms with van der Waals surface area (Å²) in [6.45, 7) is 8.21. The molecule has 1 aromatic heterocycles. The molecule has 3 rings (SSSR count). The van der Waals surface area contributed by atoms with E-state index in [9.17, 15) is 18.8 Å². The number of hydrogen-bond acceptors (Lipinski definition) is 6. The van der Waals surface area contributed by atoms with E-state index in [1.165, 1.54) is 29.2 Å². The molecule has 0 aliphatic carbocycles. The molecule has 3 amide bonds. The van der Waals surface area contributed by atoms with E-state index >= 15 is 0 Å². The number of nitrogen functional groups attached to an aromatic ring is 1. The minimum absolute atomic E-state index is 0.0215. The van der Waals surface area contributed by atoms with Gasteiger partial charge in [-0.3, -0.25) is 19.3 Å². The van der Waals surface area contributed by atoms with Crippen molar-refractivity contribution in [2.45, 2.75) is 40.2 Å². The first-order chi connectivity index (χ1) is 17.0. The fraction of sp³-hybridized carbons (Fsp3) is 0.308. The van der Waals surface area contributed by atoms with Crippen molar-refractivity contribution < 1.29 is 18.8 Å². The van der Waals surface area contributed by atoms with Gasteiger partial charge in [-0.1, -0.05) is 38.1 Å². The van der Waals surface area contributed by atoms with Gasteiger partial charge in [-0.25, -0.2) is 4.39 Å². The van der Waals surface area contributed by atoms with Gasteiger partial charge in [-0.05, 0) is 72.6 Å². The molecule has 0 radical (unpaired) electrons. The lowest BCUT2D eigenvalue weighted by Crippen LogP contribution is -2.44. The summed E-state index contributed by atoms with van der Waals surface area (Å²) >= 11 is 0.735. The Morgan fingerprint density at radius 3 is 2.36 bits per heavy atom. The third-order valence-electron chi connectivity index (χ3n) is 5.92. The second-order valence-electron chi connectivity index (χ2n) is 8.96. The maximum atomic E-state index is 14.0. The average Bonchev–Trinajstić information content (AvgIpc) is 3.21. The number of carbonyl (C=O) groups is 3. The van der Waals surface area contributed by atoms with Crippen LogP contribution in [0.5, 0.6) is 0 Å². The zero-order chi connectivity index (χ0) is 26.6. The fourth-order valence-corrected chi connectivity index (χ4v) is 4.49. The molecule has 10 heteroatoms. The van der Waals surface area contributed by atoms with Crippen molar-refractivity contribution in [1.82, 2.24) is 9.69 Å². The third kappa shape index (κ3) is 5.71. The summed E-state index contributed by atoms with van der Waals surface area (Å²) < 4.78 is 17.7. The quantitative estimate of drug-likeness (QED) is 0.397. The molecule has 8 nitrogen and oxygen atoms in total. The zero-order valence-corrected chi connectivity index (χ0v) is 21.5. The van der Waals surface area contributed by atoms with Crippen LogP contribution in [0.15, 0.2) is 42.5 Å². The number of nitrogens with zero attached hydrogens (tertiary/aromatic N) is 2. The molecule has 5 N–H and O–H groups in total.